The highest BCUT2D eigenvalue weighted by atomic mass is 19.4. The molecule has 1 aliphatic rings. The number of amides is 1. The SMILES string of the molecule is CC1C(Oc2cnc(C(F)(F)F)cn2)CCCN1C(=O)c1ccccc1-c1ncc(F)cn1. The first-order valence-electron chi connectivity index (χ1n) is 10.2. The second-order valence-electron chi connectivity index (χ2n) is 7.55. The van der Waals surface area contributed by atoms with Crippen molar-refractivity contribution in [2.75, 3.05) is 6.54 Å². The summed E-state index contributed by atoms with van der Waals surface area (Å²) in [5, 5.41) is 0. The lowest BCUT2D eigenvalue weighted by atomic mass is 9.97. The van der Waals surface area contributed by atoms with Crippen molar-refractivity contribution in [2.45, 2.75) is 38.1 Å². The highest BCUT2D eigenvalue weighted by Gasteiger charge is 2.35. The summed E-state index contributed by atoms with van der Waals surface area (Å²) in [5.74, 6) is -0.691. The van der Waals surface area contributed by atoms with Gasteiger partial charge >= 0.3 is 6.18 Å². The van der Waals surface area contributed by atoms with E-state index in [1.165, 1.54) is 0 Å². The minimum atomic E-state index is -4.59. The Morgan fingerprint density at radius 3 is 2.45 bits per heavy atom. The fourth-order valence-electron chi connectivity index (χ4n) is 3.70. The van der Waals surface area contributed by atoms with Crippen LogP contribution in [0.5, 0.6) is 5.88 Å². The normalized spacial score (nSPS) is 18.8. The Morgan fingerprint density at radius 2 is 1.79 bits per heavy atom. The van der Waals surface area contributed by atoms with Gasteiger partial charge in [-0.15, -0.1) is 0 Å². The molecule has 3 heterocycles. The van der Waals surface area contributed by atoms with E-state index in [4.69, 9.17) is 4.74 Å². The number of alkyl halides is 3. The molecule has 3 aromatic rings. The van der Waals surface area contributed by atoms with Gasteiger partial charge in [-0.3, -0.25) is 4.79 Å². The average Bonchev–Trinajstić information content (AvgIpc) is 2.80. The monoisotopic (exact) mass is 461 g/mol. The lowest BCUT2D eigenvalue weighted by Gasteiger charge is -2.39. The summed E-state index contributed by atoms with van der Waals surface area (Å²) in [6.07, 6.45) is -0.246. The smallest absolute Gasteiger partial charge is 0.434 e. The van der Waals surface area contributed by atoms with Crippen molar-refractivity contribution in [1.29, 1.82) is 0 Å². The summed E-state index contributed by atoms with van der Waals surface area (Å²) < 4.78 is 57.1. The highest BCUT2D eigenvalue weighted by Crippen LogP contribution is 2.29. The number of carbonyl (C=O) groups excluding carboxylic acids is 1. The van der Waals surface area contributed by atoms with Crippen molar-refractivity contribution < 1.29 is 27.1 Å². The molecule has 2 atom stereocenters. The molecule has 2 aromatic heterocycles. The third-order valence-electron chi connectivity index (χ3n) is 5.39. The maximum Gasteiger partial charge on any atom is 0.434 e. The highest BCUT2D eigenvalue weighted by molar-refractivity contribution is 6.00. The van der Waals surface area contributed by atoms with Crippen LogP contribution in [0.25, 0.3) is 11.4 Å². The van der Waals surface area contributed by atoms with Gasteiger partial charge in [0, 0.05) is 12.1 Å². The van der Waals surface area contributed by atoms with Crippen LogP contribution in [0.3, 0.4) is 0 Å². The quantitative estimate of drug-likeness (QED) is 0.543. The summed E-state index contributed by atoms with van der Waals surface area (Å²) in [5.41, 5.74) is -0.291. The molecule has 7 nitrogen and oxygen atoms in total. The Kier molecular flexibility index (Phi) is 6.21. The Hall–Kier alpha value is -3.63. The molecule has 11 heteroatoms. The number of nitrogens with zero attached hydrogens (tertiary/aromatic N) is 5. The van der Waals surface area contributed by atoms with Crippen LogP contribution >= 0.6 is 0 Å². The molecule has 0 N–H and O–H groups in total. The number of rotatable bonds is 4. The molecular formula is C22H19F4N5O2. The van der Waals surface area contributed by atoms with E-state index in [0.717, 1.165) is 18.6 Å². The summed E-state index contributed by atoms with van der Waals surface area (Å²) in [6.45, 7) is 2.27. The van der Waals surface area contributed by atoms with Crippen LogP contribution in [0, 0.1) is 5.82 Å². The van der Waals surface area contributed by atoms with Gasteiger partial charge in [-0.1, -0.05) is 18.2 Å². The molecule has 0 saturated carbocycles. The van der Waals surface area contributed by atoms with Gasteiger partial charge in [0.1, 0.15) is 6.10 Å². The van der Waals surface area contributed by atoms with Crippen molar-refractivity contribution in [3.8, 4) is 17.3 Å². The molecule has 33 heavy (non-hydrogen) atoms. The first-order chi connectivity index (χ1) is 15.7. The first kappa shape index (κ1) is 22.6. The molecule has 1 saturated heterocycles. The molecule has 1 amide bonds. The van der Waals surface area contributed by atoms with E-state index in [1.807, 2.05) is 0 Å². The number of hydrogen-bond acceptors (Lipinski definition) is 6. The molecule has 4 rings (SSSR count). The van der Waals surface area contributed by atoms with Gasteiger partial charge in [0.25, 0.3) is 5.91 Å². The summed E-state index contributed by atoms with van der Waals surface area (Å²) in [7, 11) is 0. The minimum Gasteiger partial charge on any atom is -0.471 e. The van der Waals surface area contributed by atoms with Gasteiger partial charge in [0.2, 0.25) is 5.88 Å². The number of aromatic nitrogens is 4. The van der Waals surface area contributed by atoms with Gasteiger partial charge in [0.05, 0.1) is 36.4 Å². The van der Waals surface area contributed by atoms with E-state index in [0.29, 0.717) is 36.7 Å². The Bertz CT molecular complexity index is 1120. The molecule has 0 radical (unpaired) electrons. The van der Waals surface area contributed by atoms with Gasteiger partial charge in [0.15, 0.2) is 17.3 Å². The third kappa shape index (κ3) is 4.91. The predicted octanol–water partition coefficient (Wildman–Crippen LogP) is 4.16. The zero-order chi connectivity index (χ0) is 23.6. The molecular weight excluding hydrogens is 442 g/mol. The predicted molar refractivity (Wildman–Crippen MR) is 109 cm³/mol. The van der Waals surface area contributed by atoms with E-state index in [1.54, 1.807) is 36.1 Å². The molecule has 1 fully saturated rings. The summed E-state index contributed by atoms with van der Waals surface area (Å²) in [6, 6.07) is 6.37. The first-order valence-corrected chi connectivity index (χ1v) is 10.2. The number of carbonyl (C=O) groups is 1. The maximum atomic E-state index is 13.4. The molecule has 0 aliphatic carbocycles. The second-order valence-corrected chi connectivity index (χ2v) is 7.55. The summed E-state index contributed by atoms with van der Waals surface area (Å²) >= 11 is 0. The fourth-order valence-corrected chi connectivity index (χ4v) is 3.70. The van der Waals surface area contributed by atoms with Crippen LogP contribution in [0.15, 0.2) is 49.1 Å². The Balaban J connectivity index is 1.53. The Morgan fingerprint density at radius 1 is 1.06 bits per heavy atom. The number of ether oxygens (including phenoxy) is 1. The van der Waals surface area contributed by atoms with E-state index < -0.39 is 29.8 Å². The van der Waals surface area contributed by atoms with Crippen molar-refractivity contribution in [1.82, 2.24) is 24.8 Å². The molecule has 1 aromatic carbocycles. The van der Waals surface area contributed by atoms with E-state index >= 15 is 0 Å². The van der Waals surface area contributed by atoms with Crippen LogP contribution in [-0.4, -0.2) is 49.4 Å². The zero-order valence-corrected chi connectivity index (χ0v) is 17.5. The van der Waals surface area contributed by atoms with E-state index in [9.17, 15) is 22.4 Å². The number of likely N-dealkylation sites (tertiary alicyclic amines) is 1. The van der Waals surface area contributed by atoms with Crippen LogP contribution in [0.1, 0.15) is 35.8 Å². The van der Waals surface area contributed by atoms with Gasteiger partial charge in [-0.05, 0) is 25.8 Å². The molecule has 0 spiro atoms. The van der Waals surface area contributed by atoms with Gasteiger partial charge in [-0.2, -0.15) is 13.2 Å². The average molecular weight is 461 g/mol. The topological polar surface area (TPSA) is 81.1 Å². The van der Waals surface area contributed by atoms with E-state index in [-0.39, 0.29) is 17.6 Å². The van der Waals surface area contributed by atoms with Crippen LogP contribution in [0.2, 0.25) is 0 Å². The van der Waals surface area contributed by atoms with Crippen molar-refractivity contribution in [3.63, 3.8) is 0 Å². The van der Waals surface area contributed by atoms with Gasteiger partial charge in [-0.25, -0.2) is 24.3 Å². The number of benzene rings is 1. The lowest BCUT2D eigenvalue weighted by Crippen LogP contribution is -2.51. The lowest BCUT2D eigenvalue weighted by molar-refractivity contribution is -0.141. The largest absolute Gasteiger partial charge is 0.471 e. The third-order valence-corrected chi connectivity index (χ3v) is 5.39. The summed E-state index contributed by atoms with van der Waals surface area (Å²) in [4.78, 5) is 30.1. The molecule has 2 unspecified atom stereocenters. The number of piperidine rings is 1. The van der Waals surface area contributed by atoms with Crippen molar-refractivity contribution in [2.24, 2.45) is 0 Å². The maximum absolute atomic E-state index is 13.4. The zero-order valence-electron chi connectivity index (χ0n) is 17.5. The standard InChI is InChI=1S/C22H19F4N5O2/c1-13-17(33-19-12-27-18(11-28-19)22(24,25)26)7-4-8-31(13)21(32)16-6-3-2-5-15(16)20-29-9-14(23)10-30-20/h2-3,5-6,9-13,17H,4,7-8H2,1H3. The van der Waals surface area contributed by atoms with Crippen molar-refractivity contribution in [3.05, 3.63) is 66.1 Å². The minimum absolute atomic E-state index is 0.0470. The van der Waals surface area contributed by atoms with Crippen LogP contribution < -0.4 is 4.74 Å². The van der Waals surface area contributed by atoms with Gasteiger partial charge < -0.3 is 9.64 Å². The fraction of sp³-hybridized carbons (Fsp3) is 0.318. The molecule has 0 bridgehead atoms. The van der Waals surface area contributed by atoms with Crippen LogP contribution in [-0.2, 0) is 6.18 Å². The molecule has 1 aliphatic heterocycles. The van der Waals surface area contributed by atoms with E-state index in [2.05, 4.69) is 19.9 Å². The Labute approximate surface area is 186 Å². The van der Waals surface area contributed by atoms with Crippen molar-refractivity contribution >= 4 is 5.91 Å². The molecule has 172 valence electrons. The number of halogens is 4. The second kappa shape index (κ2) is 9.08. The number of hydrogen-bond donors (Lipinski definition) is 0. The van der Waals surface area contributed by atoms with Crippen LogP contribution in [0.4, 0.5) is 17.6 Å².